The molecule has 0 radical (unpaired) electrons. The lowest BCUT2D eigenvalue weighted by Crippen LogP contribution is -2.45. The molecule has 2 aliphatic rings. The van der Waals surface area contributed by atoms with Gasteiger partial charge in [-0.15, -0.1) is 0 Å². The highest BCUT2D eigenvalue weighted by atomic mass is 16.3. The Bertz CT molecular complexity index is 431. The Labute approximate surface area is 101 Å². The minimum absolute atomic E-state index is 0.0221. The smallest absolute Gasteiger partial charge is 0.226 e. The minimum atomic E-state index is -0.973. The number of hydrogen-bond donors (Lipinski definition) is 1. The Hall–Kier alpha value is -1.35. The zero-order valence-electron chi connectivity index (χ0n) is 9.80. The lowest BCUT2D eigenvalue weighted by Gasteiger charge is -2.37. The van der Waals surface area contributed by atoms with Crippen molar-refractivity contribution in [3.8, 4) is 0 Å². The summed E-state index contributed by atoms with van der Waals surface area (Å²) in [6, 6.07) is 9.59. The zero-order chi connectivity index (χ0) is 11.9. The molecule has 90 valence electrons. The van der Waals surface area contributed by atoms with Gasteiger partial charge in [0.1, 0.15) is 5.60 Å². The van der Waals surface area contributed by atoms with Crippen molar-refractivity contribution in [1.82, 2.24) is 4.90 Å². The van der Waals surface area contributed by atoms with Crippen LogP contribution in [0.1, 0.15) is 31.2 Å². The number of piperidine rings is 1. The van der Waals surface area contributed by atoms with Gasteiger partial charge in [-0.2, -0.15) is 0 Å². The van der Waals surface area contributed by atoms with Crippen LogP contribution in [0, 0.1) is 0 Å². The average molecular weight is 231 g/mol. The second kappa shape index (κ2) is 3.84. The van der Waals surface area contributed by atoms with E-state index in [2.05, 4.69) is 0 Å². The van der Waals surface area contributed by atoms with Crippen molar-refractivity contribution in [1.29, 1.82) is 0 Å². The van der Waals surface area contributed by atoms with Gasteiger partial charge in [0.05, 0.1) is 12.5 Å². The van der Waals surface area contributed by atoms with E-state index in [9.17, 15) is 9.90 Å². The maximum absolute atomic E-state index is 12.0. The molecule has 1 N–H and O–H groups in total. The Balaban J connectivity index is 2.00. The first-order valence-corrected chi connectivity index (χ1v) is 6.29. The van der Waals surface area contributed by atoms with Crippen molar-refractivity contribution in [3.63, 3.8) is 0 Å². The molecular formula is C14H17NO2. The summed E-state index contributed by atoms with van der Waals surface area (Å²) in [7, 11) is 0. The summed E-state index contributed by atoms with van der Waals surface area (Å²) >= 11 is 0. The summed E-state index contributed by atoms with van der Waals surface area (Å²) in [6.45, 7) is 0.804. The standard InChI is InChI=1S/C14H17NO2/c16-13-10-14(17,11-6-2-1-3-7-11)12-8-4-5-9-15(12)13/h1-3,6-7,12,17H,4-5,8-10H2/t12-,14+/m1/s1. The monoisotopic (exact) mass is 231 g/mol. The zero-order valence-corrected chi connectivity index (χ0v) is 9.80. The number of rotatable bonds is 1. The van der Waals surface area contributed by atoms with E-state index in [1.807, 2.05) is 35.2 Å². The SMILES string of the molecule is O=C1C[C@](O)(c2ccccc2)[C@H]2CCCCN12. The normalized spacial score (nSPS) is 32.6. The molecule has 1 aromatic rings. The van der Waals surface area contributed by atoms with Crippen molar-refractivity contribution < 1.29 is 9.90 Å². The Kier molecular flexibility index (Phi) is 2.44. The van der Waals surface area contributed by atoms with E-state index in [1.165, 1.54) is 0 Å². The molecule has 0 aliphatic carbocycles. The number of aliphatic hydroxyl groups is 1. The van der Waals surface area contributed by atoms with Crippen LogP contribution in [0.4, 0.5) is 0 Å². The van der Waals surface area contributed by atoms with Gasteiger partial charge in [0.15, 0.2) is 0 Å². The maximum Gasteiger partial charge on any atom is 0.226 e. The summed E-state index contributed by atoms with van der Waals surface area (Å²) in [5.74, 6) is 0.0982. The van der Waals surface area contributed by atoms with Gasteiger partial charge in [0.2, 0.25) is 5.91 Å². The molecule has 0 spiro atoms. The third kappa shape index (κ3) is 1.57. The summed E-state index contributed by atoms with van der Waals surface area (Å²) in [5.41, 5.74) is -0.0959. The summed E-state index contributed by atoms with van der Waals surface area (Å²) in [6.07, 6.45) is 3.31. The van der Waals surface area contributed by atoms with Crippen LogP contribution < -0.4 is 0 Å². The second-order valence-corrected chi connectivity index (χ2v) is 5.07. The van der Waals surface area contributed by atoms with Gasteiger partial charge in [-0.25, -0.2) is 0 Å². The topological polar surface area (TPSA) is 40.5 Å². The van der Waals surface area contributed by atoms with E-state index in [-0.39, 0.29) is 18.4 Å². The molecule has 3 heteroatoms. The number of nitrogens with zero attached hydrogens (tertiary/aromatic N) is 1. The van der Waals surface area contributed by atoms with Gasteiger partial charge >= 0.3 is 0 Å². The molecule has 0 saturated carbocycles. The number of amides is 1. The number of hydrogen-bond acceptors (Lipinski definition) is 2. The van der Waals surface area contributed by atoms with E-state index >= 15 is 0 Å². The molecule has 0 aromatic heterocycles. The molecule has 2 atom stereocenters. The van der Waals surface area contributed by atoms with Gasteiger partial charge in [-0.1, -0.05) is 30.3 Å². The summed E-state index contributed by atoms with van der Waals surface area (Å²) in [4.78, 5) is 13.8. The number of fused-ring (bicyclic) bond motifs is 1. The fourth-order valence-corrected chi connectivity index (χ4v) is 3.20. The summed E-state index contributed by atoms with van der Waals surface area (Å²) in [5, 5.41) is 10.9. The van der Waals surface area contributed by atoms with Crippen molar-refractivity contribution in [3.05, 3.63) is 35.9 Å². The number of carbonyl (C=O) groups excluding carboxylic acids is 1. The predicted molar refractivity (Wildman–Crippen MR) is 64.3 cm³/mol. The van der Waals surface area contributed by atoms with Gasteiger partial charge in [0, 0.05) is 6.54 Å². The van der Waals surface area contributed by atoms with Gasteiger partial charge in [-0.3, -0.25) is 4.79 Å². The number of benzene rings is 1. The van der Waals surface area contributed by atoms with Gasteiger partial charge < -0.3 is 10.0 Å². The molecule has 0 unspecified atom stereocenters. The molecule has 1 aromatic carbocycles. The Morgan fingerprint density at radius 3 is 2.76 bits per heavy atom. The van der Waals surface area contributed by atoms with E-state index in [4.69, 9.17) is 0 Å². The van der Waals surface area contributed by atoms with Crippen molar-refractivity contribution in [2.45, 2.75) is 37.3 Å². The first-order chi connectivity index (χ1) is 8.22. The van der Waals surface area contributed by atoms with Crippen molar-refractivity contribution in [2.75, 3.05) is 6.54 Å². The quantitative estimate of drug-likeness (QED) is 0.798. The third-order valence-electron chi connectivity index (χ3n) is 4.07. The van der Waals surface area contributed by atoms with Crippen LogP contribution in [0.5, 0.6) is 0 Å². The van der Waals surface area contributed by atoms with Crippen LogP contribution >= 0.6 is 0 Å². The van der Waals surface area contributed by atoms with Gasteiger partial charge in [-0.05, 0) is 24.8 Å². The van der Waals surface area contributed by atoms with Crippen LogP contribution in [0.25, 0.3) is 0 Å². The number of carbonyl (C=O) groups is 1. The van der Waals surface area contributed by atoms with Crippen molar-refractivity contribution in [2.24, 2.45) is 0 Å². The lowest BCUT2D eigenvalue weighted by molar-refractivity contribution is -0.129. The Morgan fingerprint density at radius 2 is 2.00 bits per heavy atom. The maximum atomic E-state index is 12.0. The first-order valence-electron chi connectivity index (χ1n) is 6.29. The molecule has 2 fully saturated rings. The molecule has 0 bridgehead atoms. The van der Waals surface area contributed by atoms with E-state index in [0.29, 0.717) is 0 Å². The van der Waals surface area contributed by atoms with E-state index in [1.54, 1.807) is 0 Å². The van der Waals surface area contributed by atoms with Crippen LogP contribution in [-0.2, 0) is 10.4 Å². The van der Waals surface area contributed by atoms with Gasteiger partial charge in [0.25, 0.3) is 0 Å². The largest absolute Gasteiger partial charge is 0.382 e. The molecule has 17 heavy (non-hydrogen) atoms. The van der Waals surface area contributed by atoms with Crippen LogP contribution in [0.15, 0.2) is 30.3 Å². The third-order valence-corrected chi connectivity index (χ3v) is 4.07. The fourth-order valence-electron chi connectivity index (χ4n) is 3.20. The highest BCUT2D eigenvalue weighted by molar-refractivity contribution is 5.81. The lowest BCUT2D eigenvalue weighted by atomic mass is 9.83. The summed E-state index contributed by atoms with van der Waals surface area (Å²) < 4.78 is 0. The first kappa shape index (κ1) is 10.8. The minimum Gasteiger partial charge on any atom is -0.382 e. The average Bonchev–Trinajstić information content (AvgIpc) is 2.65. The molecule has 2 saturated heterocycles. The van der Waals surface area contributed by atoms with Crippen LogP contribution in [0.2, 0.25) is 0 Å². The molecule has 2 aliphatic heterocycles. The molecule has 1 amide bonds. The highest BCUT2D eigenvalue weighted by Crippen LogP contribution is 2.42. The van der Waals surface area contributed by atoms with E-state index < -0.39 is 5.60 Å². The Morgan fingerprint density at radius 1 is 1.24 bits per heavy atom. The second-order valence-electron chi connectivity index (χ2n) is 5.07. The highest BCUT2D eigenvalue weighted by Gasteiger charge is 2.51. The molecule has 2 heterocycles. The predicted octanol–water partition coefficient (Wildman–Crippen LogP) is 1.66. The molecule has 3 rings (SSSR count). The fraction of sp³-hybridized carbons (Fsp3) is 0.500. The van der Waals surface area contributed by atoms with E-state index in [0.717, 1.165) is 31.4 Å². The molecule has 3 nitrogen and oxygen atoms in total. The van der Waals surface area contributed by atoms with Crippen LogP contribution in [0.3, 0.4) is 0 Å². The molecular weight excluding hydrogens is 214 g/mol. The van der Waals surface area contributed by atoms with Crippen molar-refractivity contribution >= 4 is 5.91 Å². The van der Waals surface area contributed by atoms with Crippen LogP contribution in [-0.4, -0.2) is 28.5 Å².